The summed E-state index contributed by atoms with van der Waals surface area (Å²) in [7, 11) is 0. The zero-order valence-electron chi connectivity index (χ0n) is 13.4. The summed E-state index contributed by atoms with van der Waals surface area (Å²) in [6, 6.07) is 6.08. The molecule has 22 heavy (non-hydrogen) atoms. The Labute approximate surface area is 136 Å². The molecule has 0 saturated heterocycles. The van der Waals surface area contributed by atoms with E-state index in [4.69, 9.17) is 17.3 Å². The number of halogens is 1. The van der Waals surface area contributed by atoms with Gasteiger partial charge in [-0.3, -0.25) is 9.59 Å². The van der Waals surface area contributed by atoms with Gasteiger partial charge in [0.2, 0.25) is 5.91 Å². The molecule has 1 aromatic carbocycles. The Morgan fingerprint density at radius 3 is 2.36 bits per heavy atom. The third kappa shape index (κ3) is 5.66. The van der Waals surface area contributed by atoms with Gasteiger partial charge in [0.05, 0.1) is 10.6 Å². The number of benzene rings is 1. The molecule has 0 aromatic heterocycles. The summed E-state index contributed by atoms with van der Waals surface area (Å²) >= 11 is 6.00. The third-order valence-corrected chi connectivity index (χ3v) is 3.40. The monoisotopic (exact) mass is 325 g/mol. The van der Waals surface area contributed by atoms with Crippen LogP contribution < -0.4 is 16.4 Å². The molecule has 5 nitrogen and oxygen atoms in total. The number of rotatable bonds is 6. The summed E-state index contributed by atoms with van der Waals surface area (Å²) in [6.45, 7) is 7.70. The van der Waals surface area contributed by atoms with Crippen LogP contribution in [0.4, 0.5) is 0 Å². The zero-order chi connectivity index (χ0) is 16.9. The van der Waals surface area contributed by atoms with Gasteiger partial charge in [-0.15, -0.1) is 0 Å². The molecular formula is C16H24ClN3O2. The Morgan fingerprint density at radius 1 is 1.27 bits per heavy atom. The van der Waals surface area contributed by atoms with E-state index < -0.39 is 11.6 Å². The molecule has 1 aromatic rings. The van der Waals surface area contributed by atoms with Gasteiger partial charge >= 0.3 is 0 Å². The van der Waals surface area contributed by atoms with Gasteiger partial charge < -0.3 is 16.4 Å². The van der Waals surface area contributed by atoms with Gasteiger partial charge in [-0.05, 0) is 31.9 Å². The van der Waals surface area contributed by atoms with Crippen LogP contribution in [0.2, 0.25) is 5.02 Å². The normalized spacial score (nSPS) is 12.9. The molecule has 6 heteroatoms. The van der Waals surface area contributed by atoms with Crippen molar-refractivity contribution in [3.05, 3.63) is 34.9 Å². The number of hydrogen-bond donors (Lipinski definition) is 3. The largest absolute Gasteiger partial charge is 0.352 e. The molecule has 0 heterocycles. The molecule has 122 valence electrons. The number of amides is 2. The van der Waals surface area contributed by atoms with Gasteiger partial charge in [0.25, 0.3) is 5.91 Å². The SMILES string of the molecule is CC(C)C(NC(=O)c1ccccc1Cl)C(=O)NCC(C)(C)N. The van der Waals surface area contributed by atoms with E-state index in [0.717, 1.165) is 0 Å². The lowest BCUT2D eigenvalue weighted by Crippen LogP contribution is -2.53. The predicted molar refractivity (Wildman–Crippen MR) is 88.8 cm³/mol. The Kier molecular flexibility index (Phi) is 6.38. The summed E-state index contributed by atoms with van der Waals surface area (Å²) in [4.78, 5) is 24.6. The predicted octanol–water partition coefficient (Wildman–Crippen LogP) is 1.95. The van der Waals surface area contributed by atoms with Crippen molar-refractivity contribution >= 4 is 23.4 Å². The van der Waals surface area contributed by atoms with E-state index in [0.29, 0.717) is 17.1 Å². The number of nitrogens with two attached hydrogens (primary N) is 1. The van der Waals surface area contributed by atoms with E-state index >= 15 is 0 Å². The molecule has 1 rings (SSSR count). The first kappa shape index (κ1) is 18.5. The highest BCUT2D eigenvalue weighted by atomic mass is 35.5. The average molecular weight is 326 g/mol. The highest BCUT2D eigenvalue weighted by molar-refractivity contribution is 6.33. The highest BCUT2D eigenvalue weighted by Gasteiger charge is 2.26. The Hall–Kier alpha value is -1.59. The van der Waals surface area contributed by atoms with Crippen LogP contribution in [-0.2, 0) is 4.79 Å². The van der Waals surface area contributed by atoms with Crippen LogP contribution in [0.3, 0.4) is 0 Å². The summed E-state index contributed by atoms with van der Waals surface area (Å²) in [5.41, 5.74) is 5.69. The molecular weight excluding hydrogens is 302 g/mol. The van der Waals surface area contributed by atoms with Gasteiger partial charge in [0, 0.05) is 12.1 Å². The van der Waals surface area contributed by atoms with E-state index in [9.17, 15) is 9.59 Å². The van der Waals surface area contributed by atoms with Crippen LogP contribution in [0, 0.1) is 5.92 Å². The molecule has 0 aliphatic heterocycles. The minimum atomic E-state index is -0.647. The van der Waals surface area contributed by atoms with Crippen molar-refractivity contribution in [2.45, 2.75) is 39.3 Å². The zero-order valence-corrected chi connectivity index (χ0v) is 14.2. The smallest absolute Gasteiger partial charge is 0.253 e. The minimum Gasteiger partial charge on any atom is -0.352 e. The Morgan fingerprint density at radius 2 is 1.86 bits per heavy atom. The lowest BCUT2D eigenvalue weighted by Gasteiger charge is -2.25. The molecule has 0 fully saturated rings. The van der Waals surface area contributed by atoms with E-state index in [1.165, 1.54) is 0 Å². The number of nitrogens with one attached hydrogen (secondary N) is 2. The van der Waals surface area contributed by atoms with Gasteiger partial charge in [-0.2, -0.15) is 0 Å². The second-order valence-corrected chi connectivity index (χ2v) is 6.79. The molecule has 0 aliphatic rings. The van der Waals surface area contributed by atoms with Crippen molar-refractivity contribution in [1.29, 1.82) is 0 Å². The summed E-state index contributed by atoms with van der Waals surface area (Å²) in [5, 5.41) is 5.85. The first-order valence-corrected chi connectivity index (χ1v) is 7.61. The van der Waals surface area contributed by atoms with Crippen LogP contribution in [0.15, 0.2) is 24.3 Å². The molecule has 0 spiro atoms. The van der Waals surface area contributed by atoms with Gasteiger partial charge in [-0.1, -0.05) is 37.6 Å². The Bertz CT molecular complexity index is 538. The summed E-state index contributed by atoms with van der Waals surface area (Å²) in [6.07, 6.45) is 0. The molecule has 0 bridgehead atoms. The summed E-state index contributed by atoms with van der Waals surface area (Å²) < 4.78 is 0. The molecule has 0 saturated carbocycles. The second-order valence-electron chi connectivity index (χ2n) is 6.38. The van der Waals surface area contributed by atoms with Crippen molar-refractivity contribution < 1.29 is 9.59 Å². The fraction of sp³-hybridized carbons (Fsp3) is 0.500. The standard InChI is InChI=1S/C16H24ClN3O2/c1-10(2)13(15(22)19-9-16(3,4)18)20-14(21)11-7-5-6-8-12(11)17/h5-8,10,13H,9,18H2,1-4H3,(H,19,22)(H,20,21). The maximum absolute atomic E-state index is 12.3. The number of carbonyl (C=O) groups excluding carboxylic acids is 2. The van der Waals surface area contributed by atoms with Gasteiger partial charge in [0.15, 0.2) is 0 Å². The van der Waals surface area contributed by atoms with Crippen LogP contribution >= 0.6 is 11.6 Å². The molecule has 0 aliphatic carbocycles. The minimum absolute atomic E-state index is 0.0627. The third-order valence-electron chi connectivity index (χ3n) is 3.07. The van der Waals surface area contributed by atoms with Crippen molar-refractivity contribution in [3.63, 3.8) is 0 Å². The Balaban J connectivity index is 2.78. The highest BCUT2D eigenvalue weighted by Crippen LogP contribution is 2.15. The van der Waals surface area contributed by atoms with E-state index in [1.807, 2.05) is 27.7 Å². The quantitative estimate of drug-likeness (QED) is 0.747. The first-order valence-electron chi connectivity index (χ1n) is 7.24. The number of hydrogen-bond acceptors (Lipinski definition) is 3. The lowest BCUT2D eigenvalue weighted by molar-refractivity contribution is -0.124. The topological polar surface area (TPSA) is 84.2 Å². The van der Waals surface area contributed by atoms with Crippen LogP contribution in [-0.4, -0.2) is 29.9 Å². The summed E-state index contributed by atoms with van der Waals surface area (Å²) in [5.74, 6) is -0.687. The van der Waals surface area contributed by atoms with E-state index in [1.54, 1.807) is 24.3 Å². The van der Waals surface area contributed by atoms with Crippen molar-refractivity contribution in [3.8, 4) is 0 Å². The van der Waals surface area contributed by atoms with Crippen LogP contribution in [0.5, 0.6) is 0 Å². The molecule has 0 radical (unpaired) electrons. The van der Waals surface area contributed by atoms with Gasteiger partial charge in [-0.25, -0.2) is 0 Å². The average Bonchev–Trinajstić information content (AvgIpc) is 2.41. The van der Waals surface area contributed by atoms with E-state index in [2.05, 4.69) is 10.6 Å². The van der Waals surface area contributed by atoms with Crippen molar-refractivity contribution in [1.82, 2.24) is 10.6 Å². The molecule has 1 atom stereocenters. The fourth-order valence-electron chi connectivity index (χ4n) is 1.82. The molecule has 4 N–H and O–H groups in total. The van der Waals surface area contributed by atoms with Crippen molar-refractivity contribution in [2.24, 2.45) is 11.7 Å². The van der Waals surface area contributed by atoms with E-state index in [-0.39, 0.29) is 17.7 Å². The lowest BCUT2D eigenvalue weighted by atomic mass is 10.0. The first-order chi connectivity index (χ1) is 10.1. The second kappa shape index (κ2) is 7.61. The van der Waals surface area contributed by atoms with Gasteiger partial charge in [0.1, 0.15) is 6.04 Å². The van der Waals surface area contributed by atoms with Crippen molar-refractivity contribution in [2.75, 3.05) is 6.54 Å². The molecule has 1 unspecified atom stereocenters. The maximum Gasteiger partial charge on any atom is 0.253 e. The molecule has 2 amide bonds. The number of carbonyl (C=O) groups is 2. The van der Waals surface area contributed by atoms with Crippen LogP contribution in [0.1, 0.15) is 38.1 Å². The maximum atomic E-state index is 12.3. The fourth-order valence-corrected chi connectivity index (χ4v) is 2.05. The van der Waals surface area contributed by atoms with Crippen LogP contribution in [0.25, 0.3) is 0 Å².